The van der Waals surface area contributed by atoms with E-state index < -0.39 is 16.1 Å². The number of piperazine rings is 1. The van der Waals surface area contributed by atoms with Crippen molar-refractivity contribution in [3.8, 4) is 0 Å². The van der Waals surface area contributed by atoms with Gasteiger partial charge in [0.1, 0.15) is 0 Å². The Balaban J connectivity index is 1.52. The Morgan fingerprint density at radius 3 is 2.73 bits per heavy atom. The minimum atomic E-state index is -3.18. The molecule has 2 aromatic rings. The van der Waals surface area contributed by atoms with Crippen LogP contribution >= 0.6 is 0 Å². The molecule has 162 valence electrons. The Morgan fingerprint density at radius 1 is 1.23 bits per heavy atom. The molecule has 0 aliphatic carbocycles. The maximum atomic E-state index is 12.2. The van der Waals surface area contributed by atoms with E-state index in [1.165, 1.54) is 4.90 Å². The SMILES string of the molecule is CCS(=O)(=O)N1CCN(Cc2ccc3onc(N4CCC(=O)NC4=O)c3c2)[C@H](C)C1. The minimum absolute atomic E-state index is 0.0802. The summed E-state index contributed by atoms with van der Waals surface area (Å²) in [5, 5.41) is 7.03. The van der Waals surface area contributed by atoms with Crippen molar-refractivity contribution >= 4 is 38.7 Å². The minimum Gasteiger partial charge on any atom is -0.354 e. The third-order valence-corrected chi connectivity index (χ3v) is 7.54. The third-order valence-electron chi connectivity index (χ3n) is 5.70. The number of nitrogens with zero attached hydrogens (tertiary/aromatic N) is 4. The molecule has 2 aliphatic rings. The van der Waals surface area contributed by atoms with Crippen LogP contribution in [0.15, 0.2) is 22.7 Å². The summed E-state index contributed by atoms with van der Waals surface area (Å²) >= 11 is 0. The number of hydrogen-bond donors (Lipinski definition) is 1. The first-order valence-corrected chi connectivity index (χ1v) is 11.6. The summed E-state index contributed by atoms with van der Waals surface area (Å²) in [6.07, 6.45) is 0.211. The van der Waals surface area contributed by atoms with E-state index in [0.29, 0.717) is 43.0 Å². The van der Waals surface area contributed by atoms with Crippen molar-refractivity contribution in [3.05, 3.63) is 23.8 Å². The van der Waals surface area contributed by atoms with Gasteiger partial charge in [-0.15, -0.1) is 0 Å². The van der Waals surface area contributed by atoms with Crippen molar-refractivity contribution in [1.29, 1.82) is 0 Å². The number of imide groups is 1. The molecule has 3 heterocycles. The van der Waals surface area contributed by atoms with Crippen LogP contribution in [0.2, 0.25) is 0 Å². The van der Waals surface area contributed by atoms with Crippen LogP contribution in [0.4, 0.5) is 10.6 Å². The van der Waals surface area contributed by atoms with E-state index in [1.54, 1.807) is 11.2 Å². The number of nitrogens with one attached hydrogen (secondary N) is 1. The van der Waals surface area contributed by atoms with Gasteiger partial charge < -0.3 is 4.52 Å². The lowest BCUT2D eigenvalue weighted by molar-refractivity contribution is -0.120. The molecule has 1 atom stereocenters. The molecule has 1 aromatic carbocycles. The van der Waals surface area contributed by atoms with E-state index >= 15 is 0 Å². The number of sulfonamides is 1. The number of rotatable bonds is 5. The normalized spacial score (nSPS) is 21.9. The highest BCUT2D eigenvalue weighted by Gasteiger charge is 2.31. The highest BCUT2D eigenvalue weighted by Crippen LogP contribution is 2.29. The lowest BCUT2D eigenvalue weighted by atomic mass is 10.1. The Hall–Kier alpha value is -2.50. The van der Waals surface area contributed by atoms with Crippen molar-refractivity contribution in [2.24, 2.45) is 0 Å². The first kappa shape index (κ1) is 20.8. The molecule has 1 aromatic heterocycles. The number of amides is 3. The zero-order valence-corrected chi connectivity index (χ0v) is 17.8. The van der Waals surface area contributed by atoms with Gasteiger partial charge >= 0.3 is 6.03 Å². The molecule has 0 saturated carbocycles. The average Bonchev–Trinajstić information content (AvgIpc) is 3.12. The summed E-state index contributed by atoms with van der Waals surface area (Å²) in [7, 11) is -3.18. The second-order valence-corrected chi connectivity index (χ2v) is 9.93. The van der Waals surface area contributed by atoms with Crippen LogP contribution in [-0.4, -0.2) is 72.7 Å². The number of hydrogen-bond acceptors (Lipinski definition) is 7. The molecule has 10 nitrogen and oxygen atoms in total. The van der Waals surface area contributed by atoms with Crippen LogP contribution in [0, 0.1) is 0 Å². The summed E-state index contributed by atoms with van der Waals surface area (Å²) in [6.45, 7) is 6.17. The first-order valence-electron chi connectivity index (χ1n) is 10.00. The monoisotopic (exact) mass is 435 g/mol. The molecule has 11 heteroatoms. The molecule has 0 unspecified atom stereocenters. The van der Waals surface area contributed by atoms with Gasteiger partial charge in [0.2, 0.25) is 15.9 Å². The molecule has 0 spiro atoms. The number of carbonyl (C=O) groups excluding carboxylic acids is 2. The Labute approximate surface area is 174 Å². The van der Waals surface area contributed by atoms with Crippen molar-refractivity contribution in [2.45, 2.75) is 32.9 Å². The molecular weight excluding hydrogens is 410 g/mol. The van der Waals surface area contributed by atoms with Crippen molar-refractivity contribution in [1.82, 2.24) is 19.7 Å². The zero-order valence-electron chi connectivity index (χ0n) is 17.0. The second-order valence-electron chi connectivity index (χ2n) is 7.67. The summed E-state index contributed by atoms with van der Waals surface area (Å²) in [6, 6.07) is 5.27. The Kier molecular flexibility index (Phi) is 5.51. The van der Waals surface area contributed by atoms with Gasteiger partial charge in [-0.2, -0.15) is 4.31 Å². The number of carbonyl (C=O) groups is 2. The topological polar surface area (TPSA) is 116 Å². The fraction of sp³-hybridized carbons (Fsp3) is 0.526. The van der Waals surface area contributed by atoms with E-state index in [9.17, 15) is 18.0 Å². The lowest BCUT2D eigenvalue weighted by Gasteiger charge is -2.39. The van der Waals surface area contributed by atoms with E-state index in [2.05, 4.69) is 15.4 Å². The van der Waals surface area contributed by atoms with Crippen LogP contribution in [0.25, 0.3) is 11.0 Å². The Morgan fingerprint density at radius 2 is 2.03 bits per heavy atom. The van der Waals surface area contributed by atoms with Gasteiger partial charge in [-0.1, -0.05) is 11.2 Å². The zero-order chi connectivity index (χ0) is 21.5. The van der Waals surface area contributed by atoms with Gasteiger partial charge in [0, 0.05) is 45.2 Å². The van der Waals surface area contributed by atoms with Crippen molar-refractivity contribution < 1.29 is 22.5 Å². The van der Waals surface area contributed by atoms with Crippen LogP contribution in [-0.2, 0) is 21.4 Å². The summed E-state index contributed by atoms with van der Waals surface area (Å²) < 4.78 is 31.2. The van der Waals surface area contributed by atoms with Gasteiger partial charge in [0.25, 0.3) is 0 Å². The summed E-state index contributed by atoms with van der Waals surface area (Å²) in [4.78, 5) is 27.2. The van der Waals surface area contributed by atoms with Gasteiger partial charge in [-0.3, -0.25) is 19.9 Å². The summed E-state index contributed by atoms with van der Waals surface area (Å²) in [5.41, 5.74) is 1.57. The summed E-state index contributed by atoms with van der Waals surface area (Å²) in [5.74, 6) is 0.203. The van der Waals surface area contributed by atoms with E-state index in [0.717, 1.165) is 5.56 Å². The fourth-order valence-electron chi connectivity index (χ4n) is 3.90. The molecule has 0 bridgehead atoms. The van der Waals surface area contributed by atoms with Gasteiger partial charge in [-0.25, -0.2) is 13.2 Å². The number of anilines is 1. The number of benzene rings is 1. The fourth-order valence-corrected chi connectivity index (χ4v) is 5.07. The smallest absolute Gasteiger partial charge is 0.329 e. The molecule has 3 amide bonds. The van der Waals surface area contributed by atoms with E-state index in [-0.39, 0.29) is 30.7 Å². The van der Waals surface area contributed by atoms with Crippen LogP contribution < -0.4 is 10.2 Å². The predicted molar refractivity (Wildman–Crippen MR) is 110 cm³/mol. The molecular formula is C19H25N5O5S. The molecule has 2 saturated heterocycles. The van der Waals surface area contributed by atoms with Gasteiger partial charge in [0.05, 0.1) is 11.1 Å². The van der Waals surface area contributed by atoms with Crippen LogP contribution in [0.5, 0.6) is 0 Å². The largest absolute Gasteiger partial charge is 0.354 e. The Bertz CT molecular complexity index is 1080. The molecule has 30 heavy (non-hydrogen) atoms. The third kappa shape index (κ3) is 3.92. The second kappa shape index (κ2) is 7.97. The maximum Gasteiger partial charge on any atom is 0.329 e. The van der Waals surface area contributed by atoms with Crippen LogP contribution in [0.3, 0.4) is 0 Å². The van der Waals surface area contributed by atoms with E-state index in [4.69, 9.17) is 4.52 Å². The molecule has 2 fully saturated rings. The van der Waals surface area contributed by atoms with Crippen LogP contribution in [0.1, 0.15) is 25.8 Å². The molecule has 1 N–H and O–H groups in total. The van der Waals surface area contributed by atoms with Crippen molar-refractivity contribution in [3.63, 3.8) is 0 Å². The van der Waals surface area contributed by atoms with Crippen molar-refractivity contribution in [2.75, 3.05) is 36.8 Å². The molecule has 2 aliphatic heterocycles. The van der Waals surface area contributed by atoms with Gasteiger partial charge in [-0.05, 0) is 31.5 Å². The predicted octanol–water partition coefficient (Wildman–Crippen LogP) is 1.13. The molecule has 4 rings (SSSR count). The van der Waals surface area contributed by atoms with Gasteiger partial charge in [0.15, 0.2) is 11.4 Å². The number of aromatic nitrogens is 1. The first-order chi connectivity index (χ1) is 14.3. The number of urea groups is 1. The number of fused-ring (bicyclic) bond motifs is 1. The van der Waals surface area contributed by atoms with E-state index in [1.807, 2.05) is 25.1 Å². The quantitative estimate of drug-likeness (QED) is 0.748. The molecule has 0 radical (unpaired) electrons. The lowest BCUT2D eigenvalue weighted by Crippen LogP contribution is -2.53. The average molecular weight is 436 g/mol. The highest BCUT2D eigenvalue weighted by molar-refractivity contribution is 7.89. The highest BCUT2D eigenvalue weighted by atomic mass is 32.2. The standard InChI is InChI=1S/C19H25N5O5S/c1-3-30(27,28)23-9-8-22(13(2)11-23)12-14-4-5-16-15(10-14)18(21-29-16)24-7-6-17(25)20-19(24)26/h4-5,10,13H,3,6-9,11-12H2,1-2H3,(H,20,25,26)/t13-/m1/s1. The maximum absolute atomic E-state index is 12.2.